The Balaban J connectivity index is 1.94. The maximum atomic E-state index is 12.9. The molecule has 1 N–H and O–H groups in total. The van der Waals surface area contributed by atoms with Gasteiger partial charge in [0, 0.05) is 19.6 Å². The highest BCUT2D eigenvalue weighted by molar-refractivity contribution is 7.87. The highest BCUT2D eigenvalue weighted by Crippen LogP contribution is 2.48. The number of nitrogens with zero attached hydrogens (tertiary/aromatic N) is 2. The number of benzene rings is 1. The Morgan fingerprint density at radius 3 is 2.52 bits per heavy atom. The van der Waals surface area contributed by atoms with Crippen molar-refractivity contribution in [2.75, 3.05) is 13.6 Å². The highest BCUT2D eigenvalue weighted by atomic mass is 32.2. The number of nitriles is 1. The molecular formula is C16H22FN3O2S. The molecule has 0 aromatic heterocycles. The molecule has 1 aromatic carbocycles. The largest absolute Gasteiger partial charge is 0.279 e. The van der Waals surface area contributed by atoms with Crippen molar-refractivity contribution in [3.63, 3.8) is 0 Å². The molecule has 1 aliphatic carbocycles. The molecule has 7 heteroatoms. The van der Waals surface area contributed by atoms with Gasteiger partial charge in [0.25, 0.3) is 10.2 Å². The van der Waals surface area contributed by atoms with E-state index in [4.69, 9.17) is 5.26 Å². The summed E-state index contributed by atoms with van der Waals surface area (Å²) < 4.78 is 41.3. The minimum atomic E-state index is -3.60. The second kappa shape index (κ2) is 6.95. The molecule has 23 heavy (non-hydrogen) atoms. The van der Waals surface area contributed by atoms with E-state index < -0.39 is 10.2 Å². The molecule has 1 fully saturated rings. The quantitative estimate of drug-likeness (QED) is 0.789. The van der Waals surface area contributed by atoms with E-state index in [1.54, 1.807) is 19.1 Å². The lowest BCUT2D eigenvalue weighted by Crippen LogP contribution is -2.44. The van der Waals surface area contributed by atoms with Gasteiger partial charge in [0.1, 0.15) is 5.82 Å². The van der Waals surface area contributed by atoms with Crippen molar-refractivity contribution in [2.24, 2.45) is 5.41 Å². The first-order valence-corrected chi connectivity index (χ1v) is 9.06. The zero-order valence-electron chi connectivity index (χ0n) is 13.4. The van der Waals surface area contributed by atoms with E-state index in [9.17, 15) is 12.8 Å². The first-order valence-electron chi connectivity index (χ1n) is 7.62. The lowest BCUT2D eigenvalue weighted by Gasteiger charge is -2.24. The van der Waals surface area contributed by atoms with Crippen molar-refractivity contribution in [3.05, 3.63) is 35.6 Å². The maximum Gasteiger partial charge on any atom is 0.279 e. The lowest BCUT2D eigenvalue weighted by atomic mass is 9.97. The molecule has 0 aliphatic heterocycles. The number of rotatable bonds is 8. The van der Waals surface area contributed by atoms with Gasteiger partial charge in [-0.3, -0.25) is 0 Å². The Hall–Kier alpha value is -1.49. The molecule has 0 spiro atoms. The highest BCUT2D eigenvalue weighted by Gasteiger charge is 2.43. The Bertz CT molecular complexity index is 678. The third kappa shape index (κ3) is 4.74. The standard InChI is InChI=1S/C16H22FN3O2S/c1-13(7-10-18)20(2)23(21,22)19-12-16(8-9-16)11-14-3-5-15(17)6-4-14/h3-6,13,19H,7-9,11-12H2,1-2H3/t13-/m0/s1. The van der Waals surface area contributed by atoms with Gasteiger partial charge in [0.2, 0.25) is 0 Å². The van der Waals surface area contributed by atoms with Gasteiger partial charge in [0.05, 0.1) is 12.5 Å². The fourth-order valence-corrected chi connectivity index (χ4v) is 3.71. The smallest absolute Gasteiger partial charge is 0.207 e. The average molecular weight is 339 g/mol. The SMILES string of the molecule is C[C@@H](CC#N)N(C)S(=O)(=O)NCC1(Cc2ccc(F)cc2)CC1. The van der Waals surface area contributed by atoms with Gasteiger partial charge >= 0.3 is 0 Å². The normalized spacial score (nSPS) is 17.7. The van der Waals surface area contributed by atoms with Gasteiger partial charge in [-0.25, -0.2) is 9.11 Å². The number of nitrogens with one attached hydrogen (secondary N) is 1. The summed E-state index contributed by atoms with van der Waals surface area (Å²) in [6.45, 7) is 2.06. The maximum absolute atomic E-state index is 12.9. The van der Waals surface area contributed by atoms with Crippen molar-refractivity contribution in [2.45, 2.75) is 38.6 Å². The summed E-state index contributed by atoms with van der Waals surface area (Å²) in [5.74, 6) is -0.271. The van der Waals surface area contributed by atoms with Crippen LogP contribution in [0.3, 0.4) is 0 Å². The molecule has 126 valence electrons. The van der Waals surface area contributed by atoms with Crippen LogP contribution >= 0.6 is 0 Å². The molecule has 5 nitrogen and oxygen atoms in total. The first kappa shape index (κ1) is 17.9. The molecule has 1 aliphatic rings. The second-order valence-corrected chi connectivity index (χ2v) is 8.17. The summed E-state index contributed by atoms with van der Waals surface area (Å²) >= 11 is 0. The predicted molar refractivity (Wildman–Crippen MR) is 86.1 cm³/mol. The van der Waals surface area contributed by atoms with Crippen LogP contribution in [0.1, 0.15) is 31.7 Å². The topological polar surface area (TPSA) is 73.2 Å². The van der Waals surface area contributed by atoms with E-state index in [0.717, 1.165) is 24.8 Å². The van der Waals surface area contributed by atoms with Gasteiger partial charge < -0.3 is 0 Å². The molecule has 1 aromatic rings. The van der Waals surface area contributed by atoms with Crippen LogP contribution in [0, 0.1) is 22.6 Å². The van der Waals surface area contributed by atoms with E-state index in [1.807, 2.05) is 6.07 Å². The van der Waals surface area contributed by atoms with Crippen molar-refractivity contribution >= 4 is 10.2 Å². The number of halogens is 1. The van der Waals surface area contributed by atoms with Crippen molar-refractivity contribution in [1.82, 2.24) is 9.03 Å². The summed E-state index contributed by atoms with van der Waals surface area (Å²) in [4.78, 5) is 0. The van der Waals surface area contributed by atoms with Gasteiger partial charge in [-0.05, 0) is 49.3 Å². The van der Waals surface area contributed by atoms with Crippen molar-refractivity contribution in [3.8, 4) is 6.07 Å². The number of hydrogen-bond donors (Lipinski definition) is 1. The molecule has 1 saturated carbocycles. The molecular weight excluding hydrogens is 317 g/mol. The van der Waals surface area contributed by atoms with Crippen molar-refractivity contribution in [1.29, 1.82) is 5.26 Å². The molecule has 1 atom stereocenters. The van der Waals surface area contributed by atoms with E-state index in [1.165, 1.54) is 23.5 Å². The van der Waals surface area contributed by atoms with Crippen LogP contribution in [-0.4, -0.2) is 32.4 Å². The van der Waals surface area contributed by atoms with E-state index >= 15 is 0 Å². The summed E-state index contributed by atoms with van der Waals surface area (Å²) in [5.41, 5.74) is 0.929. The van der Waals surface area contributed by atoms with Crippen molar-refractivity contribution < 1.29 is 12.8 Å². The molecule has 0 radical (unpaired) electrons. The lowest BCUT2D eigenvalue weighted by molar-refractivity contribution is 0.379. The molecule has 0 saturated heterocycles. The third-order valence-electron chi connectivity index (χ3n) is 4.47. The Morgan fingerprint density at radius 2 is 2.00 bits per heavy atom. The molecule has 0 unspecified atom stereocenters. The first-order chi connectivity index (χ1) is 10.8. The third-order valence-corrected chi connectivity index (χ3v) is 6.09. The van der Waals surface area contributed by atoms with E-state index in [-0.39, 0.29) is 23.7 Å². The van der Waals surface area contributed by atoms with Gasteiger partial charge in [-0.1, -0.05) is 12.1 Å². The van der Waals surface area contributed by atoms with Crippen LogP contribution in [0.4, 0.5) is 4.39 Å². The zero-order valence-corrected chi connectivity index (χ0v) is 14.2. The fraction of sp³-hybridized carbons (Fsp3) is 0.562. The molecule has 0 heterocycles. The van der Waals surface area contributed by atoms with Gasteiger partial charge in [0.15, 0.2) is 0 Å². The van der Waals surface area contributed by atoms with Crippen LogP contribution in [0.2, 0.25) is 0 Å². The average Bonchev–Trinajstić information content (AvgIpc) is 3.27. The monoisotopic (exact) mass is 339 g/mol. The fourth-order valence-electron chi connectivity index (χ4n) is 2.47. The zero-order chi connectivity index (χ0) is 17.1. The van der Waals surface area contributed by atoms with Gasteiger partial charge in [-0.15, -0.1) is 0 Å². The number of hydrogen-bond acceptors (Lipinski definition) is 3. The van der Waals surface area contributed by atoms with Crippen LogP contribution in [0.15, 0.2) is 24.3 Å². The minimum Gasteiger partial charge on any atom is -0.207 e. The minimum absolute atomic E-state index is 0.0792. The summed E-state index contributed by atoms with van der Waals surface area (Å²) in [7, 11) is -2.13. The summed E-state index contributed by atoms with van der Waals surface area (Å²) in [5, 5.41) is 8.69. The summed E-state index contributed by atoms with van der Waals surface area (Å²) in [6, 6.07) is 7.94. The van der Waals surface area contributed by atoms with Crippen LogP contribution in [-0.2, 0) is 16.6 Å². The Morgan fingerprint density at radius 1 is 1.39 bits per heavy atom. The Kier molecular flexibility index (Phi) is 5.40. The predicted octanol–water partition coefficient (Wildman–Crippen LogP) is 2.22. The van der Waals surface area contributed by atoms with Crippen LogP contribution < -0.4 is 4.72 Å². The van der Waals surface area contributed by atoms with Crippen LogP contribution in [0.5, 0.6) is 0 Å². The Labute approximate surface area is 137 Å². The summed E-state index contributed by atoms with van der Waals surface area (Å²) in [6.07, 6.45) is 2.78. The van der Waals surface area contributed by atoms with Crippen LogP contribution in [0.25, 0.3) is 0 Å². The van der Waals surface area contributed by atoms with E-state index in [0.29, 0.717) is 6.54 Å². The molecule has 2 rings (SSSR count). The van der Waals surface area contributed by atoms with Gasteiger partial charge in [-0.2, -0.15) is 18.0 Å². The second-order valence-electron chi connectivity index (χ2n) is 6.36. The molecule has 0 bridgehead atoms. The molecule has 0 amide bonds. The van der Waals surface area contributed by atoms with E-state index in [2.05, 4.69) is 4.72 Å².